The molecule has 0 radical (unpaired) electrons. The Morgan fingerprint density at radius 1 is 1.22 bits per heavy atom. The van der Waals surface area contributed by atoms with Crippen molar-refractivity contribution in [2.75, 3.05) is 20.2 Å². The van der Waals surface area contributed by atoms with Gasteiger partial charge in [0.05, 0.1) is 12.0 Å². The second-order valence-electron chi connectivity index (χ2n) is 4.14. The molecule has 0 atom stereocenters. The summed E-state index contributed by atoms with van der Waals surface area (Å²) in [7, 11) is 1.33. The van der Waals surface area contributed by atoms with E-state index in [-0.39, 0.29) is 5.91 Å². The van der Waals surface area contributed by atoms with Crippen LogP contribution >= 0.6 is 11.3 Å². The predicted molar refractivity (Wildman–Crippen MR) is 68.5 cm³/mol. The van der Waals surface area contributed by atoms with Crippen molar-refractivity contribution in [3.05, 3.63) is 21.9 Å². The van der Waals surface area contributed by atoms with Crippen molar-refractivity contribution in [1.82, 2.24) is 10.4 Å². The third kappa shape index (κ3) is 3.08. The van der Waals surface area contributed by atoms with E-state index in [9.17, 15) is 9.59 Å². The van der Waals surface area contributed by atoms with Gasteiger partial charge in [0.15, 0.2) is 0 Å². The Kier molecular flexibility index (Phi) is 4.33. The highest BCUT2D eigenvalue weighted by Gasteiger charge is 2.17. The molecule has 0 unspecified atom stereocenters. The van der Waals surface area contributed by atoms with E-state index in [0.717, 1.165) is 37.3 Å². The van der Waals surface area contributed by atoms with Gasteiger partial charge in [0.25, 0.3) is 5.91 Å². The van der Waals surface area contributed by atoms with E-state index in [1.165, 1.54) is 13.5 Å². The van der Waals surface area contributed by atoms with Crippen molar-refractivity contribution in [2.45, 2.75) is 19.3 Å². The van der Waals surface area contributed by atoms with Crippen molar-refractivity contribution in [3.8, 4) is 0 Å². The van der Waals surface area contributed by atoms with Gasteiger partial charge in [-0.25, -0.2) is 9.80 Å². The molecule has 98 valence electrons. The minimum Gasteiger partial charge on any atom is -0.465 e. The lowest BCUT2D eigenvalue weighted by molar-refractivity contribution is 0.0606. The molecule has 18 heavy (non-hydrogen) atoms. The van der Waals surface area contributed by atoms with Crippen LogP contribution in [0.4, 0.5) is 0 Å². The van der Waals surface area contributed by atoms with E-state index in [4.69, 9.17) is 0 Å². The number of piperidine rings is 1. The molecule has 0 aromatic carbocycles. The Labute approximate surface area is 110 Å². The van der Waals surface area contributed by atoms with Gasteiger partial charge in [0.2, 0.25) is 0 Å². The molecule has 1 aromatic rings. The third-order valence-electron chi connectivity index (χ3n) is 2.83. The number of carbonyl (C=O) groups is 2. The summed E-state index contributed by atoms with van der Waals surface area (Å²) in [6.45, 7) is 1.78. The summed E-state index contributed by atoms with van der Waals surface area (Å²) in [5, 5.41) is 1.93. The van der Waals surface area contributed by atoms with E-state index < -0.39 is 5.97 Å². The van der Waals surface area contributed by atoms with Crippen LogP contribution in [-0.4, -0.2) is 37.1 Å². The molecule has 1 aliphatic heterocycles. The standard InChI is InChI=1S/C12H16N2O3S/c1-17-12(16)10-6-5-9(18-10)11(15)13-14-7-3-2-4-8-14/h5-6H,2-4,7-8H2,1H3,(H,13,15). The number of ether oxygens (including phenoxy) is 1. The largest absolute Gasteiger partial charge is 0.465 e. The highest BCUT2D eigenvalue weighted by molar-refractivity contribution is 7.15. The second-order valence-corrected chi connectivity index (χ2v) is 5.23. The third-order valence-corrected chi connectivity index (χ3v) is 3.90. The molecule has 1 N–H and O–H groups in total. The number of rotatable bonds is 3. The van der Waals surface area contributed by atoms with Crippen molar-refractivity contribution >= 4 is 23.2 Å². The summed E-state index contributed by atoms with van der Waals surface area (Å²) in [6, 6.07) is 3.26. The summed E-state index contributed by atoms with van der Waals surface area (Å²) in [6.07, 6.45) is 3.44. The molecule has 1 amide bonds. The SMILES string of the molecule is COC(=O)c1ccc(C(=O)NN2CCCCC2)s1. The van der Waals surface area contributed by atoms with Gasteiger partial charge in [-0.15, -0.1) is 11.3 Å². The molecular weight excluding hydrogens is 252 g/mol. The first kappa shape index (κ1) is 13.0. The van der Waals surface area contributed by atoms with Crippen molar-refractivity contribution in [1.29, 1.82) is 0 Å². The number of amides is 1. The van der Waals surface area contributed by atoms with Crippen LogP contribution in [-0.2, 0) is 4.74 Å². The lowest BCUT2D eigenvalue weighted by atomic mass is 10.2. The summed E-state index contributed by atoms with van der Waals surface area (Å²) >= 11 is 1.15. The molecule has 1 aliphatic rings. The van der Waals surface area contributed by atoms with Gasteiger partial charge >= 0.3 is 5.97 Å². The number of thiophene rings is 1. The number of nitrogens with one attached hydrogen (secondary N) is 1. The maximum absolute atomic E-state index is 11.9. The highest BCUT2D eigenvalue weighted by Crippen LogP contribution is 2.17. The predicted octanol–water partition coefficient (Wildman–Crippen LogP) is 1.67. The fourth-order valence-electron chi connectivity index (χ4n) is 1.87. The number of hydrogen-bond donors (Lipinski definition) is 1. The average Bonchev–Trinajstić information content (AvgIpc) is 2.88. The first-order chi connectivity index (χ1) is 8.70. The summed E-state index contributed by atoms with van der Waals surface area (Å²) < 4.78 is 4.61. The molecule has 0 bridgehead atoms. The highest BCUT2D eigenvalue weighted by atomic mass is 32.1. The number of nitrogens with zero attached hydrogens (tertiary/aromatic N) is 1. The van der Waals surface area contributed by atoms with E-state index in [1.807, 2.05) is 5.01 Å². The zero-order valence-corrected chi connectivity index (χ0v) is 11.1. The zero-order valence-electron chi connectivity index (χ0n) is 10.3. The number of methoxy groups -OCH3 is 1. The molecule has 5 nitrogen and oxygen atoms in total. The van der Waals surface area contributed by atoms with E-state index >= 15 is 0 Å². The molecule has 0 aliphatic carbocycles. The molecule has 0 saturated carbocycles. The fraction of sp³-hybridized carbons (Fsp3) is 0.500. The van der Waals surface area contributed by atoms with Crippen LogP contribution in [0.5, 0.6) is 0 Å². The monoisotopic (exact) mass is 268 g/mol. The van der Waals surface area contributed by atoms with Crippen molar-refractivity contribution < 1.29 is 14.3 Å². The quantitative estimate of drug-likeness (QED) is 0.847. The molecule has 1 aromatic heterocycles. The van der Waals surface area contributed by atoms with Crippen LogP contribution in [0.1, 0.15) is 38.6 Å². The molecular formula is C12H16N2O3S. The lowest BCUT2D eigenvalue weighted by Gasteiger charge is -2.26. The lowest BCUT2D eigenvalue weighted by Crippen LogP contribution is -2.44. The van der Waals surface area contributed by atoms with Crippen molar-refractivity contribution in [3.63, 3.8) is 0 Å². The van der Waals surface area contributed by atoms with E-state index in [0.29, 0.717) is 9.75 Å². The number of hydrazine groups is 1. The summed E-state index contributed by atoms with van der Waals surface area (Å²) in [4.78, 5) is 24.2. The maximum Gasteiger partial charge on any atom is 0.348 e. The van der Waals surface area contributed by atoms with Crippen LogP contribution in [0.3, 0.4) is 0 Å². The van der Waals surface area contributed by atoms with Gasteiger partial charge in [0.1, 0.15) is 4.88 Å². The molecule has 1 fully saturated rings. The number of hydrogen-bond acceptors (Lipinski definition) is 5. The van der Waals surface area contributed by atoms with Gasteiger partial charge in [-0.2, -0.15) is 0 Å². The van der Waals surface area contributed by atoms with Crippen LogP contribution in [0, 0.1) is 0 Å². The Hall–Kier alpha value is -1.40. The first-order valence-corrected chi connectivity index (χ1v) is 6.76. The molecule has 0 spiro atoms. The Bertz CT molecular complexity index is 438. The van der Waals surface area contributed by atoms with Gasteiger partial charge < -0.3 is 4.74 Å². The topological polar surface area (TPSA) is 58.6 Å². The number of esters is 1. The number of carbonyl (C=O) groups excluding carboxylic acids is 2. The smallest absolute Gasteiger partial charge is 0.348 e. The second kappa shape index (κ2) is 5.97. The molecule has 2 rings (SSSR count). The van der Waals surface area contributed by atoms with Crippen LogP contribution in [0.25, 0.3) is 0 Å². The van der Waals surface area contributed by atoms with E-state index in [2.05, 4.69) is 10.2 Å². The Morgan fingerprint density at radius 3 is 2.56 bits per heavy atom. The zero-order chi connectivity index (χ0) is 13.0. The fourth-order valence-corrected chi connectivity index (χ4v) is 2.69. The first-order valence-electron chi connectivity index (χ1n) is 5.95. The Morgan fingerprint density at radius 2 is 1.89 bits per heavy atom. The molecule has 6 heteroatoms. The minimum atomic E-state index is -0.406. The summed E-state index contributed by atoms with van der Waals surface area (Å²) in [5.74, 6) is -0.561. The van der Waals surface area contributed by atoms with Crippen LogP contribution in [0.15, 0.2) is 12.1 Å². The van der Waals surface area contributed by atoms with Gasteiger partial charge in [-0.3, -0.25) is 10.2 Å². The minimum absolute atomic E-state index is 0.156. The maximum atomic E-state index is 11.9. The molecule has 2 heterocycles. The van der Waals surface area contributed by atoms with Gasteiger partial charge in [0, 0.05) is 13.1 Å². The normalized spacial score (nSPS) is 16.3. The summed E-state index contributed by atoms with van der Waals surface area (Å²) in [5.41, 5.74) is 2.86. The van der Waals surface area contributed by atoms with Crippen LogP contribution in [0.2, 0.25) is 0 Å². The van der Waals surface area contributed by atoms with Crippen molar-refractivity contribution in [2.24, 2.45) is 0 Å². The van der Waals surface area contributed by atoms with Gasteiger partial charge in [-0.05, 0) is 25.0 Å². The average molecular weight is 268 g/mol. The molecule has 1 saturated heterocycles. The van der Waals surface area contributed by atoms with Gasteiger partial charge in [-0.1, -0.05) is 6.42 Å². The Balaban J connectivity index is 1.95. The van der Waals surface area contributed by atoms with E-state index in [1.54, 1.807) is 12.1 Å². The van der Waals surface area contributed by atoms with Crippen LogP contribution < -0.4 is 5.43 Å².